The maximum Gasteiger partial charge on any atom is 0.472 e. The lowest BCUT2D eigenvalue weighted by Crippen LogP contribution is -1.87. The first-order valence-electron chi connectivity index (χ1n) is 2.43. The molecule has 0 fully saturated rings. The number of aromatic nitrogens is 1. The van der Waals surface area contributed by atoms with Gasteiger partial charge in [-0.05, 0) is 12.1 Å². The molecule has 5 heteroatoms. The smallest absolute Gasteiger partial charge is 0.265 e. The van der Waals surface area contributed by atoms with Crippen LogP contribution in [0.15, 0.2) is 30.6 Å². The summed E-state index contributed by atoms with van der Waals surface area (Å²) in [6.07, 6.45) is 3.50. The normalized spacial score (nSPS) is 7.20. The van der Waals surface area contributed by atoms with Crippen LogP contribution in [0.25, 0.3) is 0 Å². The van der Waals surface area contributed by atoms with Crippen molar-refractivity contribution < 1.29 is 15.5 Å². The van der Waals surface area contributed by atoms with Gasteiger partial charge in [0.2, 0.25) is 0 Å². The van der Waals surface area contributed by atoms with Crippen LogP contribution >= 0.6 is 0 Å². The molecular formula is C5H7N2O3+. The van der Waals surface area contributed by atoms with Crippen molar-refractivity contribution in [2.24, 2.45) is 0 Å². The van der Waals surface area contributed by atoms with Crippen molar-refractivity contribution in [2.75, 3.05) is 0 Å². The molecule has 10 heavy (non-hydrogen) atoms. The van der Waals surface area contributed by atoms with E-state index in [0.29, 0.717) is 0 Å². The summed E-state index contributed by atoms with van der Waals surface area (Å²) in [5.74, 6) is 0. The third-order valence-electron chi connectivity index (χ3n) is 0.566. The Bertz CT molecular complexity index is 147. The Morgan fingerprint density at radius 3 is 1.60 bits per heavy atom. The van der Waals surface area contributed by atoms with Crippen molar-refractivity contribution >= 4 is 0 Å². The van der Waals surface area contributed by atoms with Gasteiger partial charge < -0.3 is 0 Å². The van der Waals surface area contributed by atoms with E-state index < -0.39 is 5.09 Å². The third kappa shape index (κ3) is 9.61. The molecule has 0 atom stereocenters. The van der Waals surface area contributed by atoms with E-state index >= 15 is 0 Å². The molecule has 0 saturated carbocycles. The predicted octanol–water partition coefficient (Wildman–Crippen LogP) is 0.625. The van der Waals surface area contributed by atoms with E-state index in [9.17, 15) is 0 Å². The van der Waals surface area contributed by atoms with Crippen molar-refractivity contribution in [3.63, 3.8) is 0 Å². The van der Waals surface area contributed by atoms with Gasteiger partial charge in [0.05, 0.1) is 0 Å². The van der Waals surface area contributed by atoms with Crippen LogP contribution in [0.4, 0.5) is 0 Å². The highest BCUT2D eigenvalue weighted by molar-refractivity contribution is 4.88. The first kappa shape index (κ1) is 8.35. The Kier molecular flexibility index (Phi) is 4.58. The first-order chi connectivity index (χ1) is 4.73. The van der Waals surface area contributed by atoms with Gasteiger partial charge in [-0.3, -0.25) is 4.98 Å². The van der Waals surface area contributed by atoms with Gasteiger partial charge in [-0.25, -0.2) is 10.4 Å². The fourth-order valence-electron chi connectivity index (χ4n) is 0.313. The van der Waals surface area contributed by atoms with E-state index in [1.54, 1.807) is 12.4 Å². The molecule has 0 amide bonds. The number of hydrogen-bond donors (Lipinski definition) is 2. The molecule has 0 aliphatic heterocycles. The quantitative estimate of drug-likeness (QED) is 0.522. The fourth-order valence-corrected chi connectivity index (χ4v) is 0.313. The molecule has 1 aromatic rings. The zero-order chi connectivity index (χ0) is 7.82. The van der Waals surface area contributed by atoms with E-state index in [0.717, 1.165) is 0 Å². The maximum atomic E-state index is 8.47. The molecule has 0 radical (unpaired) electrons. The topological polar surface area (TPSA) is 73.4 Å². The van der Waals surface area contributed by atoms with Gasteiger partial charge in [-0.2, -0.15) is 0 Å². The lowest BCUT2D eigenvalue weighted by Gasteiger charge is -1.70. The van der Waals surface area contributed by atoms with Crippen molar-refractivity contribution in [2.45, 2.75) is 0 Å². The average molecular weight is 143 g/mol. The van der Waals surface area contributed by atoms with E-state index in [1.165, 1.54) is 0 Å². The molecule has 0 spiro atoms. The number of rotatable bonds is 0. The maximum absolute atomic E-state index is 8.47. The second kappa shape index (κ2) is 5.49. The Labute approximate surface area is 57.1 Å². The Balaban J connectivity index is 0.000000180. The first-order valence-corrected chi connectivity index (χ1v) is 2.43. The summed E-state index contributed by atoms with van der Waals surface area (Å²) in [6, 6.07) is 5.72. The van der Waals surface area contributed by atoms with Crippen LogP contribution in [0.5, 0.6) is 0 Å². The minimum absolute atomic E-state index is 1.25. The molecule has 0 aliphatic carbocycles. The van der Waals surface area contributed by atoms with Crippen LogP contribution in [0.1, 0.15) is 0 Å². The molecule has 2 N–H and O–H groups in total. The molecular weight excluding hydrogens is 136 g/mol. The Morgan fingerprint density at radius 1 is 1.10 bits per heavy atom. The highest BCUT2D eigenvalue weighted by Gasteiger charge is 1.78. The monoisotopic (exact) mass is 143 g/mol. The minimum atomic E-state index is -1.25. The lowest BCUT2D eigenvalue weighted by molar-refractivity contribution is -0.969. The van der Waals surface area contributed by atoms with Crippen molar-refractivity contribution in [3.8, 4) is 0 Å². The van der Waals surface area contributed by atoms with Crippen LogP contribution in [0, 0.1) is 4.91 Å². The average Bonchev–Trinajstić information content (AvgIpc) is 1.90. The van der Waals surface area contributed by atoms with Crippen LogP contribution in [-0.4, -0.2) is 20.5 Å². The van der Waals surface area contributed by atoms with Gasteiger partial charge in [0.15, 0.2) is 0 Å². The summed E-state index contributed by atoms with van der Waals surface area (Å²) in [5.41, 5.74) is 0. The second-order valence-electron chi connectivity index (χ2n) is 1.28. The molecule has 54 valence electrons. The largest absolute Gasteiger partial charge is 0.472 e. The van der Waals surface area contributed by atoms with Crippen LogP contribution in [-0.2, 0) is 0 Å². The standard InChI is InChI=1S/C5H5N.H2NO3/c1-2-4-6-5-3-1;2-1(3)4/h1-5H;(H2,2,3,4)/q;+1. The summed E-state index contributed by atoms with van der Waals surface area (Å²) in [7, 11) is 0. The summed E-state index contributed by atoms with van der Waals surface area (Å²) < 4.78 is 0. The fraction of sp³-hybridized carbons (Fsp3) is 0. The van der Waals surface area contributed by atoms with E-state index in [4.69, 9.17) is 15.3 Å². The van der Waals surface area contributed by atoms with Gasteiger partial charge in [-0.15, -0.1) is 0 Å². The van der Waals surface area contributed by atoms with Crippen LogP contribution in [0.3, 0.4) is 0 Å². The molecule has 1 aromatic heterocycles. The highest BCUT2D eigenvalue weighted by atomic mass is 16.9. The molecule has 1 heterocycles. The van der Waals surface area contributed by atoms with Gasteiger partial charge in [0.25, 0.3) is 0 Å². The van der Waals surface area contributed by atoms with Crippen LogP contribution < -0.4 is 0 Å². The van der Waals surface area contributed by atoms with E-state index in [1.807, 2.05) is 18.2 Å². The third-order valence-corrected chi connectivity index (χ3v) is 0.566. The molecule has 0 aliphatic rings. The van der Waals surface area contributed by atoms with Gasteiger partial charge >= 0.3 is 5.09 Å². The van der Waals surface area contributed by atoms with E-state index in [-0.39, 0.29) is 0 Å². The zero-order valence-electron chi connectivity index (χ0n) is 5.08. The summed E-state index contributed by atoms with van der Waals surface area (Å²) in [6.45, 7) is 0. The minimum Gasteiger partial charge on any atom is -0.265 e. The second-order valence-corrected chi connectivity index (χ2v) is 1.28. The SMILES string of the molecule is O=[N+](O)O.c1ccncc1. The predicted molar refractivity (Wildman–Crippen MR) is 31.4 cm³/mol. The molecule has 0 unspecified atom stereocenters. The Morgan fingerprint density at radius 2 is 1.50 bits per heavy atom. The summed E-state index contributed by atoms with van der Waals surface area (Å²) in [4.78, 5) is 12.3. The molecule has 5 nitrogen and oxygen atoms in total. The molecule has 0 saturated heterocycles. The number of hydrogen-bond acceptors (Lipinski definition) is 2. The number of pyridine rings is 1. The van der Waals surface area contributed by atoms with Crippen molar-refractivity contribution in [1.29, 1.82) is 0 Å². The Hall–Kier alpha value is -1.65. The van der Waals surface area contributed by atoms with Gasteiger partial charge in [0, 0.05) is 12.4 Å². The lowest BCUT2D eigenvalue weighted by atomic mass is 10.5. The highest BCUT2D eigenvalue weighted by Crippen LogP contribution is 1.73. The van der Waals surface area contributed by atoms with Gasteiger partial charge in [-0.1, -0.05) is 6.07 Å². The van der Waals surface area contributed by atoms with Crippen molar-refractivity contribution in [3.05, 3.63) is 35.5 Å². The zero-order valence-corrected chi connectivity index (χ0v) is 5.08. The van der Waals surface area contributed by atoms with E-state index in [2.05, 4.69) is 4.98 Å². The number of nitrogens with zero attached hydrogens (tertiary/aromatic N) is 2. The van der Waals surface area contributed by atoms with Crippen molar-refractivity contribution in [1.82, 2.24) is 4.98 Å². The summed E-state index contributed by atoms with van der Waals surface area (Å²) in [5, 5.41) is 12.5. The molecule has 1 rings (SSSR count). The molecule has 0 bridgehead atoms. The molecule has 0 aromatic carbocycles. The summed E-state index contributed by atoms with van der Waals surface area (Å²) >= 11 is 0. The van der Waals surface area contributed by atoms with Gasteiger partial charge in [0.1, 0.15) is 4.91 Å². The van der Waals surface area contributed by atoms with Crippen LogP contribution in [0.2, 0.25) is 0 Å².